The van der Waals surface area contributed by atoms with Crippen molar-refractivity contribution in [3.8, 4) is 5.69 Å². The highest BCUT2D eigenvalue weighted by Crippen LogP contribution is 2.28. The molecule has 1 aliphatic carbocycles. The Hall–Kier alpha value is -2.68. The quantitative estimate of drug-likeness (QED) is 0.778. The van der Waals surface area contributed by atoms with E-state index in [1.54, 1.807) is 30.0 Å². The molecule has 1 fully saturated rings. The third-order valence-corrected chi connectivity index (χ3v) is 5.54. The first-order valence-corrected chi connectivity index (χ1v) is 9.57. The highest BCUT2D eigenvalue weighted by molar-refractivity contribution is 6.32. The predicted molar refractivity (Wildman–Crippen MR) is 102 cm³/mol. The SMILES string of the molecule is CCN(C(=O)n1nnn(-c2c(C)cccc2Cl)c1=O)C1CCC(C(=O)O)CC1. The summed E-state index contributed by atoms with van der Waals surface area (Å²) in [5.41, 5.74) is 0.422. The Morgan fingerprint density at radius 1 is 1.25 bits per heavy atom. The molecule has 28 heavy (non-hydrogen) atoms. The summed E-state index contributed by atoms with van der Waals surface area (Å²) in [7, 11) is 0. The number of rotatable bonds is 4. The molecule has 2 aromatic rings. The Kier molecular flexibility index (Phi) is 5.83. The van der Waals surface area contributed by atoms with Crippen molar-refractivity contribution in [1.29, 1.82) is 0 Å². The number of carbonyl (C=O) groups is 2. The van der Waals surface area contributed by atoms with Gasteiger partial charge < -0.3 is 10.0 Å². The zero-order valence-electron chi connectivity index (χ0n) is 15.7. The summed E-state index contributed by atoms with van der Waals surface area (Å²) in [6.07, 6.45) is 2.15. The number of aliphatic carboxylic acids is 1. The zero-order valence-corrected chi connectivity index (χ0v) is 16.5. The standard InChI is InChI=1S/C18H22ClN5O4/c1-3-22(13-9-7-12(8-10-13)16(25)26)17(27)24-18(28)23(20-21-24)15-11(2)5-4-6-14(15)19/h4-6,12-13H,3,7-10H2,1-2H3,(H,25,26). The molecule has 1 amide bonds. The summed E-state index contributed by atoms with van der Waals surface area (Å²) < 4.78 is 1.75. The van der Waals surface area contributed by atoms with Gasteiger partial charge in [-0.25, -0.2) is 9.59 Å². The number of tetrazole rings is 1. The number of para-hydroxylation sites is 1. The van der Waals surface area contributed by atoms with Gasteiger partial charge in [0.1, 0.15) is 0 Å². The number of benzene rings is 1. The predicted octanol–water partition coefficient (Wildman–Crippen LogP) is 2.32. The molecular formula is C18H22ClN5O4. The molecule has 0 atom stereocenters. The first kappa shape index (κ1) is 20.1. The number of aromatic nitrogens is 4. The molecule has 1 aromatic heterocycles. The van der Waals surface area contributed by atoms with Crippen LogP contribution in [0.15, 0.2) is 23.0 Å². The topological polar surface area (TPSA) is 110 Å². The molecule has 3 rings (SSSR count). The van der Waals surface area contributed by atoms with Crippen molar-refractivity contribution in [2.75, 3.05) is 6.54 Å². The molecule has 1 N–H and O–H groups in total. The monoisotopic (exact) mass is 407 g/mol. The number of amides is 1. The molecule has 9 nitrogen and oxygen atoms in total. The lowest BCUT2D eigenvalue weighted by molar-refractivity contribution is -0.143. The maximum Gasteiger partial charge on any atom is 0.377 e. The maximum absolute atomic E-state index is 12.9. The van der Waals surface area contributed by atoms with Crippen LogP contribution in [-0.2, 0) is 4.79 Å². The van der Waals surface area contributed by atoms with Crippen LogP contribution in [0.1, 0.15) is 38.2 Å². The Balaban J connectivity index is 1.86. The molecule has 10 heteroatoms. The summed E-state index contributed by atoms with van der Waals surface area (Å²) in [4.78, 5) is 38.4. The van der Waals surface area contributed by atoms with Crippen LogP contribution in [0.5, 0.6) is 0 Å². The van der Waals surface area contributed by atoms with Crippen LogP contribution in [0.25, 0.3) is 5.69 Å². The summed E-state index contributed by atoms with van der Waals surface area (Å²) in [5, 5.41) is 17.1. The Bertz CT molecular complexity index is 925. The van der Waals surface area contributed by atoms with E-state index >= 15 is 0 Å². The van der Waals surface area contributed by atoms with Crippen molar-refractivity contribution in [1.82, 2.24) is 24.7 Å². The molecular weight excluding hydrogens is 386 g/mol. The molecule has 1 heterocycles. The normalized spacial score (nSPS) is 19.4. The third kappa shape index (κ3) is 3.66. The lowest BCUT2D eigenvalue weighted by Crippen LogP contribution is -2.47. The number of carbonyl (C=O) groups excluding carboxylic acids is 1. The zero-order chi connectivity index (χ0) is 20.4. The van der Waals surface area contributed by atoms with Crippen LogP contribution in [0.2, 0.25) is 5.02 Å². The Labute approximate surface area is 166 Å². The molecule has 0 unspecified atom stereocenters. The van der Waals surface area contributed by atoms with E-state index in [9.17, 15) is 14.4 Å². The Morgan fingerprint density at radius 2 is 1.93 bits per heavy atom. The number of hydrogen-bond donors (Lipinski definition) is 1. The summed E-state index contributed by atoms with van der Waals surface area (Å²) in [6, 6.07) is 4.48. The number of hydrogen-bond acceptors (Lipinski definition) is 5. The second-order valence-electron chi connectivity index (χ2n) is 6.90. The highest BCUT2D eigenvalue weighted by atomic mass is 35.5. The molecule has 0 spiro atoms. The molecule has 0 aliphatic heterocycles. The molecule has 0 radical (unpaired) electrons. The van der Waals surface area contributed by atoms with E-state index in [2.05, 4.69) is 10.4 Å². The van der Waals surface area contributed by atoms with Crippen LogP contribution < -0.4 is 5.69 Å². The fourth-order valence-corrected chi connectivity index (χ4v) is 4.01. The van der Waals surface area contributed by atoms with Gasteiger partial charge in [0.25, 0.3) is 0 Å². The second kappa shape index (κ2) is 8.14. The van der Waals surface area contributed by atoms with Gasteiger partial charge in [0, 0.05) is 12.6 Å². The van der Waals surface area contributed by atoms with Crippen molar-refractivity contribution < 1.29 is 14.7 Å². The maximum atomic E-state index is 12.9. The van der Waals surface area contributed by atoms with Crippen LogP contribution in [0, 0.1) is 12.8 Å². The van der Waals surface area contributed by atoms with Gasteiger partial charge in [-0.05, 0) is 61.6 Å². The molecule has 1 aromatic carbocycles. The largest absolute Gasteiger partial charge is 0.481 e. The lowest BCUT2D eigenvalue weighted by Gasteiger charge is -2.34. The van der Waals surface area contributed by atoms with E-state index in [1.807, 2.05) is 6.92 Å². The Morgan fingerprint density at radius 3 is 2.50 bits per heavy atom. The molecule has 0 bridgehead atoms. The van der Waals surface area contributed by atoms with Crippen LogP contribution in [-0.4, -0.2) is 54.4 Å². The van der Waals surface area contributed by atoms with E-state index in [0.29, 0.717) is 42.9 Å². The average Bonchev–Trinajstić information content (AvgIpc) is 3.04. The van der Waals surface area contributed by atoms with Crippen LogP contribution in [0.3, 0.4) is 0 Å². The van der Waals surface area contributed by atoms with Crippen LogP contribution in [0.4, 0.5) is 4.79 Å². The van der Waals surface area contributed by atoms with Gasteiger partial charge >= 0.3 is 17.7 Å². The van der Waals surface area contributed by atoms with Crippen molar-refractivity contribution >= 4 is 23.6 Å². The fraction of sp³-hybridized carbons (Fsp3) is 0.500. The molecule has 1 aliphatic rings. The third-order valence-electron chi connectivity index (χ3n) is 5.24. The highest BCUT2D eigenvalue weighted by Gasteiger charge is 2.32. The van der Waals surface area contributed by atoms with E-state index in [4.69, 9.17) is 16.7 Å². The van der Waals surface area contributed by atoms with E-state index < -0.39 is 17.7 Å². The summed E-state index contributed by atoms with van der Waals surface area (Å²) in [6.45, 7) is 3.98. The molecule has 0 saturated heterocycles. The first-order chi connectivity index (χ1) is 13.3. The van der Waals surface area contributed by atoms with Gasteiger partial charge in [0.15, 0.2) is 0 Å². The summed E-state index contributed by atoms with van der Waals surface area (Å²) in [5.74, 6) is -1.18. The molecule has 150 valence electrons. The number of halogens is 1. The van der Waals surface area contributed by atoms with Gasteiger partial charge in [0.2, 0.25) is 0 Å². The van der Waals surface area contributed by atoms with Gasteiger partial charge in [-0.15, -0.1) is 4.68 Å². The van der Waals surface area contributed by atoms with Crippen molar-refractivity contribution in [2.24, 2.45) is 5.92 Å². The van der Waals surface area contributed by atoms with Crippen molar-refractivity contribution in [2.45, 2.75) is 45.6 Å². The number of carboxylic acid groups (broad SMARTS) is 1. The van der Waals surface area contributed by atoms with Crippen LogP contribution >= 0.6 is 11.6 Å². The number of nitrogens with zero attached hydrogens (tertiary/aromatic N) is 5. The minimum Gasteiger partial charge on any atom is -0.481 e. The second-order valence-corrected chi connectivity index (χ2v) is 7.31. The smallest absolute Gasteiger partial charge is 0.377 e. The number of aryl methyl sites for hydroxylation is 1. The van der Waals surface area contributed by atoms with Gasteiger partial charge in [-0.2, -0.15) is 4.68 Å². The van der Waals surface area contributed by atoms with E-state index in [-0.39, 0.29) is 12.0 Å². The minimum atomic E-state index is -0.804. The molecule has 1 saturated carbocycles. The van der Waals surface area contributed by atoms with Crippen molar-refractivity contribution in [3.05, 3.63) is 39.3 Å². The van der Waals surface area contributed by atoms with E-state index in [1.165, 1.54) is 0 Å². The van der Waals surface area contributed by atoms with Crippen molar-refractivity contribution in [3.63, 3.8) is 0 Å². The van der Waals surface area contributed by atoms with Gasteiger partial charge in [-0.1, -0.05) is 23.7 Å². The van der Waals surface area contributed by atoms with Gasteiger partial charge in [0.05, 0.1) is 16.6 Å². The number of carboxylic acids is 1. The lowest BCUT2D eigenvalue weighted by atomic mass is 9.85. The summed E-state index contributed by atoms with van der Waals surface area (Å²) >= 11 is 6.20. The van der Waals surface area contributed by atoms with E-state index in [0.717, 1.165) is 14.9 Å². The van der Waals surface area contributed by atoms with Gasteiger partial charge in [-0.3, -0.25) is 4.79 Å². The minimum absolute atomic E-state index is 0.132. The fourth-order valence-electron chi connectivity index (χ4n) is 3.70. The first-order valence-electron chi connectivity index (χ1n) is 9.19. The average molecular weight is 408 g/mol.